The second-order valence-electron chi connectivity index (χ2n) is 6.71. The molecule has 0 atom stereocenters. The van der Waals surface area contributed by atoms with Crippen LogP contribution < -0.4 is 10.3 Å². The number of para-hydroxylation sites is 1. The lowest BCUT2D eigenvalue weighted by Crippen LogP contribution is -2.11. The lowest BCUT2D eigenvalue weighted by Gasteiger charge is -2.05. The lowest BCUT2D eigenvalue weighted by molar-refractivity contribution is 0.431. The van der Waals surface area contributed by atoms with Gasteiger partial charge in [-0.3, -0.25) is 4.79 Å². The van der Waals surface area contributed by atoms with Gasteiger partial charge in [0, 0.05) is 17.3 Å². The fourth-order valence-corrected chi connectivity index (χ4v) is 3.06. The van der Waals surface area contributed by atoms with Gasteiger partial charge in [-0.15, -0.1) is 0 Å². The number of aromatic amines is 1. The minimum Gasteiger partial charge on any atom is -0.457 e. The van der Waals surface area contributed by atoms with Crippen LogP contribution in [0.15, 0.2) is 100 Å². The highest BCUT2D eigenvalue weighted by Crippen LogP contribution is 2.27. The monoisotopic (exact) mass is 408 g/mol. The molecule has 0 aliphatic rings. The molecule has 0 aliphatic heterocycles. The molecular weight excluding hydrogens is 392 g/mol. The van der Waals surface area contributed by atoms with E-state index in [9.17, 15) is 4.79 Å². The number of hydrogen-bond acceptors (Lipinski definition) is 6. The van der Waals surface area contributed by atoms with Gasteiger partial charge < -0.3 is 14.2 Å². The number of hydrogen-bond donors (Lipinski definition) is 1. The number of ether oxygens (including phenoxy) is 1. The topological polar surface area (TPSA) is 93.9 Å². The number of nitrogens with one attached hydrogen (secondary N) is 1. The molecule has 3 aromatic carbocycles. The van der Waals surface area contributed by atoms with E-state index in [1.54, 1.807) is 0 Å². The zero-order valence-electron chi connectivity index (χ0n) is 16.2. The Morgan fingerprint density at radius 1 is 0.806 bits per heavy atom. The Morgan fingerprint density at radius 2 is 1.52 bits per heavy atom. The molecule has 2 aromatic heterocycles. The van der Waals surface area contributed by atoms with E-state index >= 15 is 0 Å². The Bertz CT molecular complexity index is 1380. The average Bonchev–Trinajstić information content (AvgIpc) is 3.30. The molecule has 5 rings (SSSR count). The van der Waals surface area contributed by atoms with Crippen LogP contribution in [0, 0.1) is 0 Å². The van der Waals surface area contributed by atoms with Crippen LogP contribution in [0.3, 0.4) is 0 Å². The van der Waals surface area contributed by atoms with Crippen molar-refractivity contribution in [1.82, 2.24) is 20.1 Å². The van der Waals surface area contributed by atoms with Gasteiger partial charge in [-0.05, 0) is 24.3 Å². The maximum absolute atomic E-state index is 12.6. The van der Waals surface area contributed by atoms with Gasteiger partial charge in [-0.2, -0.15) is 4.98 Å². The predicted molar refractivity (Wildman–Crippen MR) is 116 cm³/mol. The fourth-order valence-electron chi connectivity index (χ4n) is 3.06. The van der Waals surface area contributed by atoms with Crippen LogP contribution >= 0.6 is 0 Å². The second-order valence-corrected chi connectivity index (χ2v) is 6.71. The molecule has 0 saturated carbocycles. The first-order valence-electron chi connectivity index (χ1n) is 9.58. The van der Waals surface area contributed by atoms with Crippen LogP contribution in [0.4, 0.5) is 0 Å². The first kappa shape index (κ1) is 18.5. The molecule has 0 radical (unpaired) electrons. The van der Waals surface area contributed by atoms with Crippen molar-refractivity contribution >= 4 is 0 Å². The van der Waals surface area contributed by atoms with Crippen molar-refractivity contribution in [2.24, 2.45) is 0 Å². The van der Waals surface area contributed by atoms with Gasteiger partial charge in [0.2, 0.25) is 5.82 Å². The van der Waals surface area contributed by atoms with Crippen molar-refractivity contribution in [2.75, 3.05) is 0 Å². The van der Waals surface area contributed by atoms with Gasteiger partial charge in [0.15, 0.2) is 0 Å². The van der Waals surface area contributed by atoms with Crippen molar-refractivity contribution < 1.29 is 9.26 Å². The van der Waals surface area contributed by atoms with Gasteiger partial charge in [-0.1, -0.05) is 65.8 Å². The van der Waals surface area contributed by atoms with E-state index < -0.39 is 0 Å². The van der Waals surface area contributed by atoms with Crippen LogP contribution in [0.1, 0.15) is 0 Å². The Morgan fingerprint density at radius 3 is 2.29 bits per heavy atom. The summed E-state index contributed by atoms with van der Waals surface area (Å²) >= 11 is 0. The number of rotatable bonds is 5. The highest BCUT2D eigenvalue weighted by Gasteiger charge is 2.15. The Kier molecular flexibility index (Phi) is 4.82. The summed E-state index contributed by atoms with van der Waals surface area (Å²) < 4.78 is 11.2. The number of H-pyrrole nitrogens is 1. The second kappa shape index (κ2) is 8.08. The largest absolute Gasteiger partial charge is 0.457 e. The SMILES string of the molecule is O=c1[nH]c(-c2ccccc2)ncc1-c1nc(-c2cccc(Oc3ccccc3)c2)no1. The summed E-state index contributed by atoms with van der Waals surface area (Å²) in [4.78, 5) is 24.0. The van der Waals surface area contributed by atoms with Crippen molar-refractivity contribution in [1.29, 1.82) is 0 Å². The third kappa shape index (κ3) is 3.97. The van der Waals surface area contributed by atoms with Crippen LogP contribution in [0.2, 0.25) is 0 Å². The fraction of sp³-hybridized carbons (Fsp3) is 0. The van der Waals surface area contributed by atoms with E-state index in [1.165, 1.54) is 6.20 Å². The summed E-state index contributed by atoms with van der Waals surface area (Å²) in [5.74, 6) is 2.28. The third-order valence-electron chi connectivity index (χ3n) is 4.57. The lowest BCUT2D eigenvalue weighted by atomic mass is 10.2. The molecule has 0 unspecified atom stereocenters. The predicted octanol–water partition coefficient (Wildman–Crippen LogP) is 4.95. The molecule has 1 N–H and O–H groups in total. The zero-order chi connectivity index (χ0) is 21.0. The molecule has 31 heavy (non-hydrogen) atoms. The summed E-state index contributed by atoms with van der Waals surface area (Å²) in [7, 11) is 0. The Labute approximate surface area is 177 Å². The van der Waals surface area contributed by atoms with Gasteiger partial charge in [0.05, 0.1) is 0 Å². The maximum Gasteiger partial charge on any atom is 0.265 e. The quantitative estimate of drug-likeness (QED) is 0.442. The summed E-state index contributed by atoms with van der Waals surface area (Å²) in [6, 6.07) is 26.2. The minimum atomic E-state index is -0.356. The van der Waals surface area contributed by atoms with Crippen LogP contribution in [0.25, 0.3) is 34.2 Å². The van der Waals surface area contributed by atoms with Gasteiger partial charge in [0.25, 0.3) is 11.4 Å². The van der Waals surface area contributed by atoms with E-state index in [4.69, 9.17) is 9.26 Å². The van der Waals surface area contributed by atoms with Crippen LogP contribution in [0.5, 0.6) is 11.5 Å². The van der Waals surface area contributed by atoms with E-state index in [2.05, 4.69) is 20.1 Å². The summed E-state index contributed by atoms with van der Waals surface area (Å²) in [6.07, 6.45) is 1.44. The summed E-state index contributed by atoms with van der Waals surface area (Å²) in [5, 5.41) is 4.01. The molecule has 0 saturated heterocycles. The minimum absolute atomic E-state index is 0.0951. The summed E-state index contributed by atoms with van der Waals surface area (Å²) in [6.45, 7) is 0. The highest BCUT2D eigenvalue weighted by atomic mass is 16.5. The molecule has 0 fully saturated rings. The smallest absolute Gasteiger partial charge is 0.265 e. The third-order valence-corrected chi connectivity index (χ3v) is 4.57. The van der Waals surface area contributed by atoms with E-state index in [0.29, 0.717) is 23.0 Å². The van der Waals surface area contributed by atoms with Gasteiger partial charge >= 0.3 is 0 Å². The number of benzene rings is 3. The molecule has 0 bridgehead atoms. The van der Waals surface area contributed by atoms with E-state index in [1.807, 2.05) is 84.9 Å². The summed E-state index contributed by atoms with van der Waals surface area (Å²) in [5.41, 5.74) is 1.36. The van der Waals surface area contributed by atoms with E-state index in [0.717, 1.165) is 11.3 Å². The maximum atomic E-state index is 12.6. The normalized spacial score (nSPS) is 10.7. The van der Waals surface area contributed by atoms with Crippen molar-refractivity contribution in [3.8, 4) is 45.7 Å². The first-order valence-corrected chi connectivity index (χ1v) is 9.58. The standard InChI is InChI=1S/C24H16N4O3/c29-23-20(15-25-21(26-23)16-8-3-1-4-9-16)24-27-22(28-31-24)17-10-7-13-19(14-17)30-18-11-5-2-6-12-18/h1-15H,(H,25,26,29). The van der Waals surface area contributed by atoms with Crippen molar-refractivity contribution in [3.63, 3.8) is 0 Å². The molecule has 0 aliphatic carbocycles. The molecule has 7 heteroatoms. The number of aromatic nitrogens is 4. The number of nitrogens with zero attached hydrogens (tertiary/aromatic N) is 3. The zero-order valence-corrected chi connectivity index (χ0v) is 16.2. The molecule has 7 nitrogen and oxygen atoms in total. The molecule has 150 valence electrons. The molecule has 0 spiro atoms. The van der Waals surface area contributed by atoms with Gasteiger partial charge in [-0.25, -0.2) is 4.98 Å². The average molecular weight is 408 g/mol. The molecule has 5 aromatic rings. The Hall–Kier alpha value is -4.52. The highest BCUT2D eigenvalue weighted by molar-refractivity contribution is 5.62. The molecule has 0 amide bonds. The van der Waals surface area contributed by atoms with Crippen LogP contribution in [-0.4, -0.2) is 20.1 Å². The van der Waals surface area contributed by atoms with E-state index in [-0.39, 0.29) is 17.0 Å². The van der Waals surface area contributed by atoms with Crippen molar-refractivity contribution in [2.45, 2.75) is 0 Å². The van der Waals surface area contributed by atoms with Gasteiger partial charge in [0.1, 0.15) is 22.9 Å². The first-order chi connectivity index (χ1) is 15.3. The Balaban J connectivity index is 1.42. The molecule has 2 heterocycles. The van der Waals surface area contributed by atoms with Crippen LogP contribution in [-0.2, 0) is 0 Å². The molecular formula is C24H16N4O3. The van der Waals surface area contributed by atoms with Crippen molar-refractivity contribution in [3.05, 3.63) is 101 Å².